The fourth-order valence-electron chi connectivity index (χ4n) is 2.76. The minimum atomic E-state index is -3.34. The molecule has 1 aliphatic carbocycles. The molecule has 0 atom stereocenters. The van der Waals surface area contributed by atoms with Crippen LogP contribution in [0.5, 0.6) is 0 Å². The van der Waals surface area contributed by atoms with Crippen LogP contribution in [0.3, 0.4) is 0 Å². The molecule has 112 valence electrons. The number of benzene rings is 1. The highest BCUT2D eigenvalue weighted by molar-refractivity contribution is 7.89. The van der Waals surface area contributed by atoms with Gasteiger partial charge in [-0.3, -0.25) is 0 Å². The Kier molecular flexibility index (Phi) is 4.74. The average molecular weight is 317 g/mol. The van der Waals surface area contributed by atoms with E-state index in [1.54, 1.807) is 13.1 Å². The molecular weight excluding hydrogens is 296 g/mol. The maximum absolute atomic E-state index is 12.6. The monoisotopic (exact) mass is 316 g/mol. The third kappa shape index (κ3) is 2.72. The molecule has 3 rings (SSSR count). The van der Waals surface area contributed by atoms with Crippen LogP contribution >= 0.6 is 12.4 Å². The van der Waals surface area contributed by atoms with Crippen molar-refractivity contribution < 1.29 is 8.42 Å². The third-order valence-electron chi connectivity index (χ3n) is 4.27. The van der Waals surface area contributed by atoms with Gasteiger partial charge in [0.15, 0.2) is 0 Å². The molecule has 20 heavy (non-hydrogen) atoms. The Hall–Kier alpha value is -0.620. The third-order valence-corrected chi connectivity index (χ3v) is 6.18. The fraction of sp³-hybridized carbons (Fsp3) is 0.571. The molecule has 1 fully saturated rings. The Morgan fingerprint density at radius 2 is 1.80 bits per heavy atom. The molecule has 1 saturated heterocycles. The zero-order valence-corrected chi connectivity index (χ0v) is 13.3. The quantitative estimate of drug-likeness (QED) is 0.921. The first kappa shape index (κ1) is 15.8. The molecule has 2 aliphatic rings. The second kappa shape index (κ2) is 6.02. The lowest BCUT2D eigenvalue weighted by Gasteiger charge is -2.34. The minimum absolute atomic E-state index is 0. The number of nitrogens with one attached hydrogen (secondary N) is 1. The van der Waals surface area contributed by atoms with E-state index in [4.69, 9.17) is 0 Å². The summed E-state index contributed by atoms with van der Waals surface area (Å²) in [6, 6.07) is 5.74. The van der Waals surface area contributed by atoms with Crippen molar-refractivity contribution >= 4 is 22.4 Å². The Labute approximate surface area is 127 Å². The molecule has 0 radical (unpaired) electrons. The van der Waals surface area contributed by atoms with E-state index in [-0.39, 0.29) is 18.4 Å². The van der Waals surface area contributed by atoms with Crippen molar-refractivity contribution in [3.8, 4) is 0 Å². The van der Waals surface area contributed by atoms with E-state index in [1.807, 2.05) is 12.1 Å². The van der Waals surface area contributed by atoms with E-state index >= 15 is 0 Å². The fourth-order valence-corrected chi connectivity index (χ4v) is 4.17. The smallest absolute Gasteiger partial charge is 0.243 e. The number of likely N-dealkylation sites (N-methyl/N-ethyl adjacent to an activating group) is 1. The predicted molar refractivity (Wildman–Crippen MR) is 81.9 cm³/mol. The number of rotatable bonds is 3. The summed E-state index contributed by atoms with van der Waals surface area (Å²) in [6.07, 6.45) is 4.47. The number of nitrogens with zero attached hydrogens (tertiary/aromatic N) is 1. The second-order valence-electron chi connectivity index (χ2n) is 5.47. The van der Waals surface area contributed by atoms with E-state index < -0.39 is 10.0 Å². The highest BCUT2D eigenvalue weighted by atomic mass is 35.5. The van der Waals surface area contributed by atoms with Gasteiger partial charge in [-0.25, -0.2) is 8.42 Å². The molecule has 0 unspecified atom stereocenters. The summed E-state index contributed by atoms with van der Waals surface area (Å²) >= 11 is 0. The lowest BCUT2D eigenvalue weighted by Crippen LogP contribution is -2.57. The van der Waals surface area contributed by atoms with Crippen molar-refractivity contribution in [1.82, 2.24) is 9.62 Å². The Morgan fingerprint density at radius 1 is 1.15 bits per heavy atom. The van der Waals surface area contributed by atoms with E-state index in [1.165, 1.54) is 28.3 Å². The first-order valence-corrected chi connectivity index (χ1v) is 8.33. The standard InChI is InChI=1S/C14H20N2O2S.ClH/c1-16(13-9-15-10-13)19(17,18)14-7-6-11-4-2-3-5-12(11)8-14;/h6-8,13,15H,2-5,9-10H2,1H3;1H. The van der Waals surface area contributed by atoms with Crippen molar-refractivity contribution in [1.29, 1.82) is 0 Å². The summed E-state index contributed by atoms with van der Waals surface area (Å²) in [5, 5.41) is 3.11. The van der Waals surface area contributed by atoms with Gasteiger partial charge in [-0.2, -0.15) is 4.31 Å². The normalized spacial score (nSPS) is 19.1. The maximum Gasteiger partial charge on any atom is 0.243 e. The SMILES string of the molecule is CN(C1CNC1)S(=O)(=O)c1ccc2c(c1)CCCC2.Cl. The zero-order valence-electron chi connectivity index (χ0n) is 11.6. The van der Waals surface area contributed by atoms with Gasteiger partial charge in [0.25, 0.3) is 0 Å². The molecule has 0 aromatic heterocycles. The van der Waals surface area contributed by atoms with Crippen LogP contribution in [0.1, 0.15) is 24.0 Å². The molecule has 6 heteroatoms. The van der Waals surface area contributed by atoms with E-state index in [0.717, 1.165) is 25.9 Å². The van der Waals surface area contributed by atoms with Crippen LogP contribution in [-0.2, 0) is 22.9 Å². The van der Waals surface area contributed by atoms with Crippen molar-refractivity contribution in [2.75, 3.05) is 20.1 Å². The van der Waals surface area contributed by atoms with Crippen LogP contribution in [0.2, 0.25) is 0 Å². The van der Waals surface area contributed by atoms with Crippen molar-refractivity contribution in [3.63, 3.8) is 0 Å². The Morgan fingerprint density at radius 3 is 2.40 bits per heavy atom. The first-order chi connectivity index (χ1) is 9.09. The van der Waals surface area contributed by atoms with E-state index in [0.29, 0.717) is 4.90 Å². The zero-order chi connectivity index (χ0) is 13.5. The molecular formula is C14H21ClN2O2S. The molecule has 1 heterocycles. The summed E-state index contributed by atoms with van der Waals surface area (Å²) in [4.78, 5) is 0.447. The molecule has 0 spiro atoms. The largest absolute Gasteiger partial charge is 0.313 e. The van der Waals surface area contributed by atoms with Gasteiger partial charge in [0.2, 0.25) is 10.0 Å². The molecule has 4 nitrogen and oxygen atoms in total. The van der Waals surface area contributed by atoms with Gasteiger partial charge in [0, 0.05) is 26.2 Å². The number of fused-ring (bicyclic) bond motifs is 1. The topological polar surface area (TPSA) is 49.4 Å². The number of aryl methyl sites for hydroxylation is 2. The lowest BCUT2D eigenvalue weighted by atomic mass is 9.92. The maximum atomic E-state index is 12.6. The van der Waals surface area contributed by atoms with Gasteiger partial charge >= 0.3 is 0 Å². The Bertz CT molecular complexity index is 585. The summed E-state index contributed by atoms with van der Waals surface area (Å²) in [7, 11) is -1.66. The molecule has 1 aliphatic heterocycles. The number of hydrogen-bond acceptors (Lipinski definition) is 3. The van der Waals surface area contributed by atoms with Crippen LogP contribution in [-0.4, -0.2) is 38.9 Å². The number of hydrogen-bond donors (Lipinski definition) is 1. The minimum Gasteiger partial charge on any atom is -0.313 e. The van der Waals surface area contributed by atoms with Crippen LogP contribution in [0.15, 0.2) is 23.1 Å². The van der Waals surface area contributed by atoms with Gasteiger partial charge < -0.3 is 5.32 Å². The molecule has 1 aromatic carbocycles. The molecule has 0 bridgehead atoms. The van der Waals surface area contributed by atoms with Crippen LogP contribution < -0.4 is 5.32 Å². The lowest BCUT2D eigenvalue weighted by molar-refractivity contribution is 0.274. The molecule has 0 amide bonds. The van der Waals surface area contributed by atoms with E-state index in [9.17, 15) is 8.42 Å². The van der Waals surface area contributed by atoms with Crippen molar-refractivity contribution in [3.05, 3.63) is 29.3 Å². The second-order valence-corrected chi connectivity index (χ2v) is 7.47. The first-order valence-electron chi connectivity index (χ1n) is 6.89. The van der Waals surface area contributed by atoms with Gasteiger partial charge in [0.1, 0.15) is 0 Å². The number of sulfonamides is 1. The predicted octanol–water partition coefficient (Wildman–Crippen LogP) is 1.58. The van der Waals surface area contributed by atoms with Gasteiger partial charge in [-0.15, -0.1) is 12.4 Å². The molecule has 1 N–H and O–H groups in total. The highest BCUT2D eigenvalue weighted by Gasteiger charge is 2.31. The molecule has 1 aromatic rings. The Balaban J connectivity index is 0.00000147. The molecule has 0 saturated carbocycles. The van der Waals surface area contributed by atoms with Crippen LogP contribution in [0.4, 0.5) is 0 Å². The van der Waals surface area contributed by atoms with E-state index in [2.05, 4.69) is 5.32 Å². The van der Waals surface area contributed by atoms with Gasteiger partial charge in [-0.1, -0.05) is 6.07 Å². The summed E-state index contributed by atoms with van der Waals surface area (Å²) in [5.41, 5.74) is 2.53. The highest BCUT2D eigenvalue weighted by Crippen LogP contribution is 2.26. The van der Waals surface area contributed by atoms with Gasteiger partial charge in [0.05, 0.1) is 4.90 Å². The summed E-state index contributed by atoms with van der Waals surface area (Å²) < 4.78 is 26.6. The summed E-state index contributed by atoms with van der Waals surface area (Å²) in [6.45, 7) is 1.50. The average Bonchev–Trinajstić information content (AvgIpc) is 2.36. The number of halogens is 1. The van der Waals surface area contributed by atoms with Crippen molar-refractivity contribution in [2.45, 2.75) is 36.6 Å². The van der Waals surface area contributed by atoms with Crippen LogP contribution in [0, 0.1) is 0 Å². The van der Waals surface area contributed by atoms with Gasteiger partial charge in [-0.05, 0) is 48.9 Å². The van der Waals surface area contributed by atoms with Crippen LogP contribution in [0.25, 0.3) is 0 Å². The van der Waals surface area contributed by atoms with Crippen molar-refractivity contribution in [2.24, 2.45) is 0 Å². The summed E-state index contributed by atoms with van der Waals surface area (Å²) in [5.74, 6) is 0.